The molecule has 0 bridgehead atoms. The Morgan fingerprint density at radius 1 is 0.762 bits per heavy atom. The van der Waals surface area contributed by atoms with Gasteiger partial charge in [-0.1, -0.05) is 22.7 Å². The minimum absolute atomic E-state index is 0.557. The van der Waals surface area contributed by atoms with E-state index in [4.69, 9.17) is 16.2 Å². The third kappa shape index (κ3) is 2.26. The first-order valence-electron chi connectivity index (χ1n) is 6.17. The van der Waals surface area contributed by atoms with Gasteiger partial charge in [-0.15, -0.1) is 0 Å². The van der Waals surface area contributed by atoms with Crippen molar-refractivity contribution in [1.82, 2.24) is 9.97 Å². The summed E-state index contributed by atoms with van der Waals surface area (Å²) >= 11 is 2.92. The predicted molar refractivity (Wildman–Crippen MR) is 88.1 cm³/mol. The summed E-state index contributed by atoms with van der Waals surface area (Å²) < 4.78 is 7.95. The van der Waals surface area contributed by atoms with Crippen LogP contribution in [0.2, 0.25) is 0 Å². The zero-order chi connectivity index (χ0) is 14.4. The van der Waals surface area contributed by atoms with Crippen molar-refractivity contribution in [2.24, 2.45) is 0 Å². The molecule has 0 aliphatic rings. The van der Waals surface area contributed by atoms with Gasteiger partial charge in [-0.25, -0.2) is 9.97 Å². The highest BCUT2D eigenvalue weighted by Gasteiger charge is 2.06. The molecule has 0 spiro atoms. The molecule has 7 heteroatoms. The summed E-state index contributed by atoms with van der Waals surface area (Å²) in [6, 6.07) is 11.5. The van der Waals surface area contributed by atoms with Gasteiger partial charge in [-0.3, -0.25) is 0 Å². The van der Waals surface area contributed by atoms with Crippen molar-refractivity contribution in [2.75, 3.05) is 11.5 Å². The van der Waals surface area contributed by atoms with Gasteiger partial charge in [0.1, 0.15) is 11.5 Å². The first-order valence-corrected chi connectivity index (χ1v) is 7.81. The fourth-order valence-corrected chi connectivity index (χ4v) is 3.54. The van der Waals surface area contributed by atoms with E-state index in [1.54, 1.807) is 0 Å². The number of hydrogen-bond acceptors (Lipinski definition) is 7. The molecule has 0 amide bonds. The average Bonchev–Trinajstić information content (AvgIpc) is 2.98. The van der Waals surface area contributed by atoms with Crippen LogP contribution >= 0.6 is 22.7 Å². The molecule has 2 aromatic carbocycles. The fourth-order valence-electron chi connectivity index (χ4n) is 2.11. The molecule has 0 radical (unpaired) electrons. The molecule has 0 aliphatic heterocycles. The minimum Gasteiger partial charge on any atom is -0.457 e. The molecule has 0 atom stereocenters. The maximum absolute atomic E-state index is 5.86. The zero-order valence-electron chi connectivity index (χ0n) is 10.7. The lowest BCUT2D eigenvalue weighted by molar-refractivity contribution is 0.484. The molecular formula is C14H10N4OS2. The van der Waals surface area contributed by atoms with E-state index in [0.29, 0.717) is 10.3 Å². The van der Waals surface area contributed by atoms with E-state index < -0.39 is 0 Å². The van der Waals surface area contributed by atoms with Crippen LogP contribution < -0.4 is 16.2 Å². The number of nitrogens with zero attached hydrogens (tertiary/aromatic N) is 2. The van der Waals surface area contributed by atoms with Crippen LogP contribution in [-0.4, -0.2) is 9.97 Å². The standard InChI is InChI=1S/C14H10N4OS2/c15-13-17-9-5-7(1-3-11(9)20-13)19-8-2-4-12-10(6-8)18-14(16)21-12/h1-6H,(H2,15,17)(H2,16,18). The summed E-state index contributed by atoms with van der Waals surface area (Å²) in [4.78, 5) is 8.52. The van der Waals surface area contributed by atoms with E-state index in [-0.39, 0.29) is 0 Å². The van der Waals surface area contributed by atoms with Crippen molar-refractivity contribution in [3.63, 3.8) is 0 Å². The van der Waals surface area contributed by atoms with E-state index >= 15 is 0 Å². The third-order valence-electron chi connectivity index (χ3n) is 2.99. The van der Waals surface area contributed by atoms with Crippen LogP contribution in [0.25, 0.3) is 20.4 Å². The minimum atomic E-state index is 0.557. The lowest BCUT2D eigenvalue weighted by atomic mass is 10.3. The van der Waals surface area contributed by atoms with Crippen LogP contribution in [-0.2, 0) is 0 Å². The Balaban J connectivity index is 1.70. The van der Waals surface area contributed by atoms with Gasteiger partial charge in [0.25, 0.3) is 0 Å². The maximum Gasteiger partial charge on any atom is 0.181 e. The van der Waals surface area contributed by atoms with Crippen molar-refractivity contribution in [2.45, 2.75) is 0 Å². The maximum atomic E-state index is 5.86. The van der Waals surface area contributed by atoms with Crippen LogP contribution in [0.4, 0.5) is 10.3 Å². The van der Waals surface area contributed by atoms with Crippen molar-refractivity contribution in [3.8, 4) is 11.5 Å². The van der Waals surface area contributed by atoms with E-state index in [1.807, 2.05) is 36.4 Å². The normalized spacial score (nSPS) is 11.2. The van der Waals surface area contributed by atoms with Crippen LogP contribution in [0.15, 0.2) is 36.4 Å². The summed E-state index contributed by atoms with van der Waals surface area (Å²) in [6.45, 7) is 0. The summed E-state index contributed by atoms with van der Waals surface area (Å²) in [5, 5.41) is 1.11. The van der Waals surface area contributed by atoms with Gasteiger partial charge in [0.05, 0.1) is 20.4 Å². The Morgan fingerprint density at radius 2 is 1.24 bits per heavy atom. The number of benzene rings is 2. The number of nitrogens with two attached hydrogens (primary N) is 2. The number of hydrogen-bond donors (Lipinski definition) is 2. The van der Waals surface area contributed by atoms with Crippen LogP contribution in [0.5, 0.6) is 11.5 Å². The lowest BCUT2D eigenvalue weighted by Gasteiger charge is -2.05. The summed E-state index contributed by atoms with van der Waals surface area (Å²) in [5.74, 6) is 1.44. The smallest absolute Gasteiger partial charge is 0.181 e. The summed E-state index contributed by atoms with van der Waals surface area (Å²) in [5.41, 5.74) is 13.1. The molecular weight excluding hydrogens is 304 g/mol. The van der Waals surface area contributed by atoms with Gasteiger partial charge in [0.2, 0.25) is 0 Å². The van der Waals surface area contributed by atoms with Crippen molar-refractivity contribution < 1.29 is 4.74 Å². The highest BCUT2D eigenvalue weighted by molar-refractivity contribution is 7.22. The molecule has 104 valence electrons. The highest BCUT2D eigenvalue weighted by Crippen LogP contribution is 2.32. The van der Waals surface area contributed by atoms with E-state index in [1.165, 1.54) is 22.7 Å². The molecule has 2 aromatic heterocycles. The number of rotatable bonds is 2. The number of nitrogen functional groups attached to an aromatic ring is 2. The van der Waals surface area contributed by atoms with Crippen molar-refractivity contribution >= 4 is 53.4 Å². The van der Waals surface area contributed by atoms with E-state index in [2.05, 4.69) is 9.97 Å². The van der Waals surface area contributed by atoms with Crippen LogP contribution in [0, 0.1) is 0 Å². The molecule has 0 unspecified atom stereocenters. The van der Waals surface area contributed by atoms with E-state index in [0.717, 1.165) is 31.9 Å². The van der Waals surface area contributed by atoms with Gasteiger partial charge in [0, 0.05) is 12.1 Å². The van der Waals surface area contributed by atoms with Crippen LogP contribution in [0.3, 0.4) is 0 Å². The second kappa shape index (κ2) is 4.57. The molecule has 0 aliphatic carbocycles. The topological polar surface area (TPSA) is 87.0 Å². The Hall–Kier alpha value is -2.38. The first kappa shape index (κ1) is 12.4. The number of thiazole rings is 2. The quantitative estimate of drug-likeness (QED) is 0.586. The molecule has 0 saturated carbocycles. The Kier molecular flexibility index (Phi) is 2.69. The number of ether oxygens (including phenoxy) is 1. The number of fused-ring (bicyclic) bond motifs is 2. The molecule has 4 aromatic rings. The van der Waals surface area contributed by atoms with Gasteiger partial charge in [-0.2, -0.15) is 0 Å². The zero-order valence-corrected chi connectivity index (χ0v) is 12.4. The molecule has 4 rings (SSSR count). The molecule has 5 nitrogen and oxygen atoms in total. The first-order chi connectivity index (χ1) is 10.2. The van der Waals surface area contributed by atoms with Crippen molar-refractivity contribution in [1.29, 1.82) is 0 Å². The lowest BCUT2D eigenvalue weighted by Crippen LogP contribution is -1.84. The summed E-state index contributed by atoms with van der Waals surface area (Å²) in [6.07, 6.45) is 0. The second-order valence-electron chi connectivity index (χ2n) is 4.47. The second-order valence-corrected chi connectivity index (χ2v) is 6.59. The van der Waals surface area contributed by atoms with Gasteiger partial charge in [0.15, 0.2) is 10.3 Å². The number of aromatic nitrogens is 2. The Morgan fingerprint density at radius 3 is 1.71 bits per heavy atom. The molecule has 0 saturated heterocycles. The fraction of sp³-hybridized carbons (Fsp3) is 0. The summed E-state index contributed by atoms with van der Waals surface area (Å²) in [7, 11) is 0. The SMILES string of the molecule is Nc1nc2cc(Oc3ccc4sc(N)nc4c3)ccc2s1. The molecule has 21 heavy (non-hydrogen) atoms. The third-order valence-corrected chi connectivity index (χ3v) is 4.72. The largest absolute Gasteiger partial charge is 0.457 e. The predicted octanol–water partition coefficient (Wildman–Crippen LogP) is 3.86. The van der Waals surface area contributed by atoms with Gasteiger partial charge in [-0.05, 0) is 24.3 Å². The molecule has 2 heterocycles. The van der Waals surface area contributed by atoms with Crippen LogP contribution in [0.1, 0.15) is 0 Å². The Bertz CT molecular complexity index is 882. The van der Waals surface area contributed by atoms with Gasteiger partial charge >= 0.3 is 0 Å². The number of anilines is 2. The monoisotopic (exact) mass is 314 g/mol. The molecule has 4 N–H and O–H groups in total. The highest BCUT2D eigenvalue weighted by atomic mass is 32.1. The van der Waals surface area contributed by atoms with Crippen molar-refractivity contribution in [3.05, 3.63) is 36.4 Å². The Labute approximate surface area is 127 Å². The molecule has 0 fully saturated rings. The average molecular weight is 314 g/mol. The van der Waals surface area contributed by atoms with E-state index in [9.17, 15) is 0 Å². The van der Waals surface area contributed by atoms with Gasteiger partial charge < -0.3 is 16.2 Å².